The fraction of sp³-hybridized carbons (Fsp3) is 0.588. The molecule has 4 heteroatoms. The molecule has 0 amide bonds. The van der Waals surface area contributed by atoms with E-state index >= 15 is 0 Å². The summed E-state index contributed by atoms with van der Waals surface area (Å²) in [6.45, 7) is 8.91. The Bertz CT molecular complexity index is 485. The monoisotopic (exact) mass is 289 g/mol. The topological polar surface area (TPSA) is 37.4 Å². The minimum absolute atomic E-state index is 0.752. The summed E-state index contributed by atoms with van der Waals surface area (Å²) in [7, 11) is 1.76. The number of hydrogen-bond acceptors (Lipinski definition) is 4. The van der Waals surface area contributed by atoms with Gasteiger partial charge in [0.1, 0.15) is 5.82 Å². The number of nitrogens with zero attached hydrogens (tertiary/aromatic N) is 2. The second kappa shape index (κ2) is 8.15. The lowest BCUT2D eigenvalue weighted by atomic mass is 10.1. The first kappa shape index (κ1) is 16.0. The van der Waals surface area contributed by atoms with Gasteiger partial charge < -0.3 is 15.0 Å². The molecule has 0 bridgehead atoms. The Morgan fingerprint density at radius 3 is 2.81 bits per heavy atom. The highest BCUT2D eigenvalue weighted by atomic mass is 16.5. The number of aryl methyl sites for hydroxylation is 1. The Morgan fingerprint density at radius 2 is 2.19 bits per heavy atom. The van der Waals surface area contributed by atoms with Gasteiger partial charge in [0.15, 0.2) is 0 Å². The van der Waals surface area contributed by atoms with Crippen LogP contribution in [-0.2, 0) is 17.7 Å². The molecule has 2 heterocycles. The summed E-state index contributed by atoms with van der Waals surface area (Å²) in [5.41, 5.74) is 3.89. The van der Waals surface area contributed by atoms with E-state index in [1.54, 1.807) is 7.11 Å². The Kier molecular flexibility index (Phi) is 6.21. The van der Waals surface area contributed by atoms with E-state index in [2.05, 4.69) is 42.3 Å². The standard InChI is InChI=1S/C17H27N3O/c1-4-16-10-15(12-18-5-2)11-17(19-16)20-8-6-14(7-9-20)13-21-3/h6,10-11,18H,4-5,7-9,12-13H2,1-3H3. The van der Waals surface area contributed by atoms with E-state index in [4.69, 9.17) is 9.72 Å². The molecule has 4 nitrogen and oxygen atoms in total. The molecule has 0 saturated carbocycles. The van der Waals surface area contributed by atoms with Crippen molar-refractivity contribution in [3.8, 4) is 0 Å². The second-order valence-corrected chi connectivity index (χ2v) is 5.45. The van der Waals surface area contributed by atoms with Crippen molar-refractivity contribution >= 4 is 5.82 Å². The number of pyridine rings is 1. The molecule has 2 rings (SSSR count). The van der Waals surface area contributed by atoms with Crippen LogP contribution >= 0.6 is 0 Å². The summed E-state index contributed by atoms with van der Waals surface area (Å²) in [5, 5.41) is 3.40. The van der Waals surface area contributed by atoms with E-state index in [0.717, 1.165) is 51.4 Å². The molecular weight excluding hydrogens is 262 g/mol. The van der Waals surface area contributed by atoms with Crippen LogP contribution in [0.15, 0.2) is 23.8 Å². The Hall–Kier alpha value is -1.39. The van der Waals surface area contributed by atoms with Gasteiger partial charge in [-0.1, -0.05) is 19.9 Å². The molecule has 0 spiro atoms. The van der Waals surface area contributed by atoms with Gasteiger partial charge in [-0.15, -0.1) is 0 Å². The Labute approximate surface area is 128 Å². The highest BCUT2D eigenvalue weighted by molar-refractivity contribution is 5.45. The van der Waals surface area contributed by atoms with Gasteiger partial charge in [-0.05, 0) is 42.7 Å². The zero-order valence-electron chi connectivity index (χ0n) is 13.5. The molecule has 0 fully saturated rings. The average molecular weight is 289 g/mol. The molecule has 1 aromatic heterocycles. The van der Waals surface area contributed by atoms with Crippen molar-refractivity contribution < 1.29 is 4.74 Å². The molecule has 1 aromatic rings. The number of methoxy groups -OCH3 is 1. The SMILES string of the molecule is CCNCc1cc(CC)nc(N2CC=C(COC)CC2)c1. The maximum Gasteiger partial charge on any atom is 0.129 e. The van der Waals surface area contributed by atoms with E-state index in [0.29, 0.717) is 0 Å². The van der Waals surface area contributed by atoms with Crippen LogP contribution in [0.25, 0.3) is 0 Å². The summed E-state index contributed by atoms with van der Waals surface area (Å²) in [4.78, 5) is 7.15. The zero-order chi connectivity index (χ0) is 15.1. The predicted octanol–water partition coefficient (Wildman–Crippen LogP) is 2.54. The van der Waals surface area contributed by atoms with Crippen molar-refractivity contribution in [1.29, 1.82) is 0 Å². The van der Waals surface area contributed by atoms with Crippen LogP contribution in [0.1, 0.15) is 31.5 Å². The van der Waals surface area contributed by atoms with Gasteiger partial charge in [0.25, 0.3) is 0 Å². The maximum atomic E-state index is 5.21. The summed E-state index contributed by atoms with van der Waals surface area (Å²) in [6, 6.07) is 4.43. The summed E-state index contributed by atoms with van der Waals surface area (Å²) in [5.74, 6) is 1.11. The second-order valence-electron chi connectivity index (χ2n) is 5.45. The molecule has 0 unspecified atom stereocenters. The van der Waals surface area contributed by atoms with Crippen LogP contribution in [0.3, 0.4) is 0 Å². The number of anilines is 1. The molecule has 0 aromatic carbocycles. The Balaban J connectivity index is 2.12. The van der Waals surface area contributed by atoms with Gasteiger partial charge in [0, 0.05) is 32.4 Å². The lowest BCUT2D eigenvalue weighted by Gasteiger charge is -2.28. The number of ether oxygens (including phenoxy) is 1. The third-order valence-corrected chi connectivity index (χ3v) is 3.82. The molecule has 116 valence electrons. The third-order valence-electron chi connectivity index (χ3n) is 3.82. The van der Waals surface area contributed by atoms with Gasteiger partial charge in [-0.25, -0.2) is 4.98 Å². The van der Waals surface area contributed by atoms with Crippen LogP contribution in [0.5, 0.6) is 0 Å². The molecular formula is C17H27N3O. The van der Waals surface area contributed by atoms with E-state index in [-0.39, 0.29) is 0 Å². The number of aromatic nitrogens is 1. The highest BCUT2D eigenvalue weighted by Gasteiger charge is 2.14. The normalized spacial score (nSPS) is 15.2. The van der Waals surface area contributed by atoms with Crippen LogP contribution in [-0.4, -0.2) is 38.3 Å². The summed E-state index contributed by atoms with van der Waals surface area (Å²) >= 11 is 0. The van der Waals surface area contributed by atoms with Crippen molar-refractivity contribution in [3.05, 3.63) is 35.0 Å². The van der Waals surface area contributed by atoms with Crippen LogP contribution in [0, 0.1) is 0 Å². The summed E-state index contributed by atoms with van der Waals surface area (Å²) < 4.78 is 5.21. The van der Waals surface area contributed by atoms with Gasteiger partial charge in [-0.2, -0.15) is 0 Å². The van der Waals surface area contributed by atoms with Crippen molar-refractivity contribution in [2.24, 2.45) is 0 Å². The number of hydrogen-bond donors (Lipinski definition) is 1. The molecule has 1 aliphatic rings. The van der Waals surface area contributed by atoms with Crippen molar-refractivity contribution in [1.82, 2.24) is 10.3 Å². The molecule has 0 radical (unpaired) electrons. The first-order valence-electron chi connectivity index (χ1n) is 7.89. The largest absolute Gasteiger partial charge is 0.380 e. The molecule has 1 N–H and O–H groups in total. The average Bonchev–Trinajstić information content (AvgIpc) is 2.53. The first-order valence-corrected chi connectivity index (χ1v) is 7.89. The predicted molar refractivity (Wildman–Crippen MR) is 87.8 cm³/mol. The van der Waals surface area contributed by atoms with Crippen molar-refractivity contribution in [2.75, 3.05) is 38.3 Å². The summed E-state index contributed by atoms with van der Waals surface area (Å²) in [6.07, 6.45) is 4.32. The fourth-order valence-corrected chi connectivity index (χ4v) is 2.58. The Morgan fingerprint density at radius 1 is 1.33 bits per heavy atom. The third kappa shape index (κ3) is 4.55. The number of rotatable bonds is 7. The van der Waals surface area contributed by atoms with Crippen LogP contribution < -0.4 is 10.2 Å². The fourth-order valence-electron chi connectivity index (χ4n) is 2.58. The molecule has 1 aliphatic heterocycles. The van der Waals surface area contributed by atoms with E-state index in [9.17, 15) is 0 Å². The van der Waals surface area contributed by atoms with Crippen LogP contribution in [0.2, 0.25) is 0 Å². The zero-order valence-corrected chi connectivity index (χ0v) is 13.5. The smallest absolute Gasteiger partial charge is 0.129 e. The minimum Gasteiger partial charge on any atom is -0.380 e. The molecule has 21 heavy (non-hydrogen) atoms. The van der Waals surface area contributed by atoms with Gasteiger partial charge in [0.2, 0.25) is 0 Å². The van der Waals surface area contributed by atoms with Crippen LogP contribution in [0.4, 0.5) is 5.82 Å². The van der Waals surface area contributed by atoms with E-state index in [1.165, 1.54) is 16.8 Å². The van der Waals surface area contributed by atoms with Gasteiger partial charge in [-0.3, -0.25) is 0 Å². The van der Waals surface area contributed by atoms with Crippen molar-refractivity contribution in [3.63, 3.8) is 0 Å². The lowest BCUT2D eigenvalue weighted by Crippen LogP contribution is -2.30. The van der Waals surface area contributed by atoms with Crippen molar-refractivity contribution in [2.45, 2.75) is 33.2 Å². The first-order chi connectivity index (χ1) is 10.3. The lowest BCUT2D eigenvalue weighted by molar-refractivity contribution is 0.222. The maximum absolute atomic E-state index is 5.21. The van der Waals surface area contributed by atoms with E-state index < -0.39 is 0 Å². The molecule has 0 aliphatic carbocycles. The van der Waals surface area contributed by atoms with Gasteiger partial charge in [0.05, 0.1) is 6.61 Å². The quantitative estimate of drug-likeness (QED) is 0.783. The van der Waals surface area contributed by atoms with Gasteiger partial charge >= 0.3 is 0 Å². The number of nitrogens with one attached hydrogen (secondary N) is 1. The van der Waals surface area contributed by atoms with E-state index in [1.807, 2.05) is 0 Å². The highest BCUT2D eigenvalue weighted by Crippen LogP contribution is 2.20. The minimum atomic E-state index is 0.752. The molecule has 0 atom stereocenters. The molecule has 0 saturated heterocycles.